The van der Waals surface area contributed by atoms with Crippen LogP contribution >= 0.6 is 0 Å². The third kappa shape index (κ3) is 2.67. The molecule has 1 aliphatic heterocycles. The fraction of sp³-hybridized carbons (Fsp3) is 0.462. The lowest BCUT2D eigenvalue weighted by Crippen LogP contribution is -2.37. The maximum absolute atomic E-state index is 12.2. The first kappa shape index (κ1) is 13.3. The molecule has 1 unspecified atom stereocenters. The maximum atomic E-state index is 12.2. The second-order valence-electron chi connectivity index (χ2n) is 4.68. The summed E-state index contributed by atoms with van der Waals surface area (Å²) < 4.78 is 1.18. The molecule has 6 nitrogen and oxygen atoms in total. The summed E-state index contributed by atoms with van der Waals surface area (Å²) in [5, 5.41) is 8.92. The van der Waals surface area contributed by atoms with Crippen LogP contribution in [0, 0.1) is 0 Å². The van der Waals surface area contributed by atoms with E-state index in [1.165, 1.54) is 22.9 Å². The quantitative estimate of drug-likeness (QED) is 0.872. The number of likely N-dealkylation sites (tertiary alicyclic amines) is 1. The Balaban J connectivity index is 2.29. The smallest absolute Gasteiger partial charge is 0.337 e. The van der Waals surface area contributed by atoms with Crippen LogP contribution in [0.1, 0.15) is 36.2 Å². The minimum atomic E-state index is -1.12. The standard InChI is InChI=1S/C13H16N2O4/c1-9(12(17)14-6-2-3-7-14)15-8-10(13(18)19)4-5-11(15)16/h4-5,8-9H,2-3,6-7H2,1H3,(H,18,19). The second-order valence-corrected chi connectivity index (χ2v) is 4.68. The number of carboxylic acid groups (broad SMARTS) is 1. The highest BCUT2D eigenvalue weighted by Crippen LogP contribution is 2.14. The summed E-state index contributed by atoms with van der Waals surface area (Å²) in [6, 6.07) is 1.75. The van der Waals surface area contributed by atoms with Crippen LogP contribution in [-0.4, -0.2) is 39.5 Å². The van der Waals surface area contributed by atoms with Gasteiger partial charge in [-0.1, -0.05) is 0 Å². The van der Waals surface area contributed by atoms with E-state index in [1.807, 2.05) is 0 Å². The van der Waals surface area contributed by atoms with Gasteiger partial charge in [-0.3, -0.25) is 9.59 Å². The number of carbonyl (C=O) groups is 2. The van der Waals surface area contributed by atoms with Crippen LogP contribution in [-0.2, 0) is 4.79 Å². The number of hydrogen-bond donors (Lipinski definition) is 1. The Kier molecular flexibility index (Phi) is 3.69. The summed E-state index contributed by atoms with van der Waals surface area (Å²) in [4.78, 5) is 36.6. The predicted molar refractivity (Wildman–Crippen MR) is 68.2 cm³/mol. The molecule has 1 aromatic heterocycles. The third-order valence-corrected chi connectivity index (χ3v) is 3.38. The molecule has 2 rings (SSSR count). The lowest BCUT2D eigenvalue weighted by atomic mass is 10.2. The van der Waals surface area contributed by atoms with E-state index in [0.29, 0.717) is 13.1 Å². The zero-order valence-electron chi connectivity index (χ0n) is 10.7. The number of pyridine rings is 1. The molecule has 1 aromatic rings. The molecule has 0 spiro atoms. The van der Waals surface area contributed by atoms with Crippen LogP contribution in [0.3, 0.4) is 0 Å². The van der Waals surface area contributed by atoms with E-state index in [0.717, 1.165) is 12.8 Å². The highest BCUT2D eigenvalue weighted by atomic mass is 16.4. The molecule has 19 heavy (non-hydrogen) atoms. The van der Waals surface area contributed by atoms with Crippen molar-refractivity contribution in [2.75, 3.05) is 13.1 Å². The van der Waals surface area contributed by atoms with Crippen LogP contribution in [0.25, 0.3) is 0 Å². The Bertz CT molecular complexity index is 558. The minimum absolute atomic E-state index is 0.000622. The van der Waals surface area contributed by atoms with Gasteiger partial charge in [0.2, 0.25) is 5.91 Å². The number of amides is 1. The van der Waals surface area contributed by atoms with Crippen LogP contribution in [0.5, 0.6) is 0 Å². The lowest BCUT2D eigenvalue weighted by Gasteiger charge is -2.22. The van der Waals surface area contributed by atoms with Crippen LogP contribution in [0.4, 0.5) is 0 Å². The van der Waals surface area contributed by atoms with E-state index >= 15 is 0 Å². The topological polar surface area (TPSA) is 79.6 Å². The van der Waals surface area contributed by atoms with Crippen molar-refractivity contribution in [1.82, 2.24) is 9.47 Å². The Labute approximate surface area is 110 Å². The maximum Gasteiger partial charge on any atom is 0.337 e. The van der Waals surface area contributed by atoms with Crippen LogP contribution < -0.4 is 5.56 Å². The van der Waals surface area contributed by atoms with Crippen molar-refractivity contribution in [1.29, 1.82) is 0 Å². The van der Waals surface area contributed by atoms with Gasteiger partial charge in [-0.25, -0.2) is 4.79 Å². The van der Waals surface area contributed by atoms with Crippen molar-refractivity contribution in [2.45, 2.75) is 25.8 Å². The second kappa shape index (κ2) is 5.26. The van der Waals surface area contributed by atoms with Gasteiger partial charge in [0.15, 0.2) is 0 Å². The van der Waals surface area contributed by atoms with Crippen molar-refractivity contribution in [3.63, 3.8) is 0 Å². The highest BCUT2D eigenvalue weighted by Gasteiger charge is 2.25. The Morgan fingerprint density at radius 3 is 2.47 bits per heavy atom. The van der Waals surface area contributed by atoms with E-state index < -0.39 is 12.0 Å². The number of hydrogen-bond acceptors (Lipinski definition) is 3. The Morgan fingerprint density at radius 1 is 1.26 bits per heavy atom. The van der Waals surface area contributed by atoms with E-state index in [2.05, 4.69) is 0 Å². The summed E-state index contributed by atoms with van der Waals surface area (Å²) in [5.74, 6) is -1.25. The van der Waals surface area contributed by atoms with E-state index in [-0.39, 0.29) is 17.0 Å². The van der Waals surface area contributed by atoms with Gasteiger partial charge in [-0.05, 0) is 25.8 Å². The summed E-state index contributed by atoms with van der Waals surface area (Å²) in [5.41, 5.74) is -0.370. The van der Waals surface area contributed by atoms with Crippen molar-refractivity contribution in [2.24, 2.45) is 0 Å². The SMILES string of the molecule is CC(C(=O)N1CCCC1)n1cc(C(=O)O)ccc1=O. The van der Waals surface area contributed by atoms with E-state index in [1.54, 1.807) is 11.8 Å². The number of nitrogens with zero attached hydrogens (tertiary/aromatic N) is 2. The first-order valence-electron chi connectivity index (χ1n) is 6.25. The van der Waals surface area contributed by atoms with Gasteiger partial charge in [-0.2, -0.15) is 0 Å². The molecule has 0 aromatic carbocycles. The molecule has 0 radical (unpaired) electrons. The molecule has 1 aliphatic rings. The first-order valence-corrected chi connectivity index (χ1v) is 6.25. The van der Waals surface area contributed by atoms with Gasteiger partial charge in [0.05, 0.1) is 5.56 Å². The number of aromatic nitrogens is 1. The number of rotatable bonds is 3. The average molecular weight is 264 g/mol. The van der Waals surface area contributed by atoms with Gasteiger partial charge in [-0.15, -0.1) is 0 Å². The predicted octanol–water partition coefficient (Wildman–Crippen LogP) is 0.730. The largest absolute Gasteiger partial charge is 0.478 e. The molecule has 0 saturated carbocycles. The highest BCUT2D eigenvalue weighted by molar-refractivity contribution is 5.87. The summed E-state index contributed by atoms with van der Waals surface area (Å²) >= 11 is 0. The molecule has 1 atom stereocenters. The van der Waals surface area contributed by atoms with Crippen molar-refractivity contribution in [3.05, 3.63) is 34.2 Å². The molecule has 0 bridgehead atoms. The summed E-state index contributed by atoms with van der Waals surface area (Å²) in [6.07, 6.45) is 3.17. The van der Waals surface area contributed by atoms with Gasteiger partial charge in [0.1, 0.15) is 6.04 Å². The molecule has 2 heterocycles. The molecule has 1 N–H and O–H groups in total. The van der Waals surface area contributed by atoms with E-state index in [9.17, 15) is 14.4 Å². The van der Waals surface area contributed by atoms with Crippen LogP contribution in [0.15, 0.2) is 23.1 Å². The Hall–Kier alpha value is -2.11. The van der Waals surface area contributed by atoms with Crippen LogP contribution in [0.2, 0.25) is 0 Å². The molecule has 1 saturated heterocycles. The molecule has 1 fully saturated rings. The van der Waals surface area contributed by atoms with Gasteiger partial charge >= 0.3 is 5.97 Å². The molecule has 1 amide bonds. The molecular formula is C13H16N2O4. The molecule has 6 heteroatoms. The lowest BCUT2D eigenvalue weighted by molar-refractivity contribution is -0.133. The van der Waals surface area contributed by atoms with E-state index in [4.69, 9.17) is 5.11 Å². The monoisotopic (exact) mass is 264 g/mol. The molecular weight excluding hydrogens is 248 g/mol. The molecule has 102 valence electrons. The summed E-state index contributed by atoms with van der Waals surface area (Å²) in [6.45, 7) is 3.03. The minimum Gasteiger partial charge on any atom is -0.478 e. The normalized spacial score (nSPS) is 16.4. The van der Waals surface area contributed by atoms with Crippen molar-refractivity contribution < 1.29 is 14.7 Å². The van der Waals surface area contributed by atoms with Gasteiger partial charge in [0, 0.05) is 25.4 Å². The van der Waals surface area contributed by atoms with Gasteiger partial charge < -0.3 is 14.6 Å². The molecule has 0 aliphatic carbocycles. The zero-order valence-corrected chi connectivity index (χ0v) is 10.7. The number of carboxylic acids is 1. The third-order valence-electron chi connectivity index (χ3n) is 3.38. The summed E-state index contributed by atoms with van der Waals surface area (Å²) in [7, 11) is 0. The number of carbonyl (C=O) groups excluding carboxylic acids is 1. The van der Waals surface area contributed by atoms with Crippen molar-refractivity contribution in [3.8, 4) is 0 Å². The van der Waals surface area contributed by atoms with Gasteiger partial charge in [0.25, 0.3) is 5.56 Å². The Morgan fingerprint density at radius 2 is 1.89 bits per heavy atom. The van der Waals surface area contributed by atoms with Crippen molar-refractivity contribution >= 4 is 11.9 Å². The average Bonchev–Trinajstić information content (AvgIpc) is 2.91. The zero-order chi connectivity index (χ0) is 14.0. The first-order chi connectivity index (χ1) is 9.00. The fourth-order valence-electron chi connectivity index (χ4n) is 2.25. The number of aromatic carboxylic acids is 1. The fourth-order valence-corrected chi connectivity index (χ4v) is 2.25.